The van der Waals surface area contributed by atoms with E-state index in [1.165, 1.54) is 6.20 Å². The quantitative estimate of drug-likeness (QED) is 0.686. The highest BCUT2D eigenvalue weighted by Gasteiger charge is 2.15. The fraction of sp³-hybridized carbons (Fsp3) is 0.667. The van der Waals surface area contributed by atoms with Crippen LogP contribution in [-0.2, 0) is 11.3 Å². The first-order chi connectivity index (χ1) is 9.46. The number of hydrogen-bond donors (Lipinski definition) is 2. The number of hydrogen-bond acceptors (Lipinski definition) is 5. The van der Waals surface area contributed by atoms with Gasteiger partial charge in [-0.2, -0.15) is 0 Å². The number of likely N-dealkylation sites (N-methyl/N-ethyl adjacent to an activating group) is 1. The van der Waals surface area contributed by atoms with E-state index in [0.717, 1.165) is 24.3 Å². The van der Waals surface area contributed by atoms with Crippen molar-refractivity contribution in [3.63, 3.8) is 0 Å². The second-order valence-electron chi connectivity index (χ2n) is 4.56. The lowest BCUT2D eigenvalue weighted by Crippen LogP contribution is -2.42. The van der Waals surface area contributed by atoms with Gasteiger partial charge in [0, 0.05) is 12.6 Å². The van der Waals surface area contributed by atoms with E-state index >= 15 is 0 Å². The second-order valence-corrected chi connectivity index (χ2v) is 4.56. The van der Waals surface area contributed by atoms with E-state index in [0.29, 0.717) is 0 Å². The summed E-state index contributed by atoms with van der Waals surface area (Å²) in [5.41, 5.74) is 0.123. The fourth-order valence-corrected chi connectivity index (χ4v) is 1.83. The van der Waals surface area contributed by atoms with Crippen LogP contribution in [0.4, 0.5) is 0 Å². The van der Waals surface area contributed by atoms with E-state index < -0.39 is 5.97 Å². The molecule has 2 N–H and O–H groups in total. The standard InChI is InChI=1S/C12H21N5O3/c1-4-16(5-2)6-9(3)13-12(20)10-7-17(15-14-10)8-11(18)19/h7,9H,4-6,8H2,1-3H3,(H,13,20)(H,18,19). The van der Waals surface area contributed by atoms with E-state index in [1.54, 1.807) is 0 Å². The number of carboxylic acid groups (broad SMARTS) is 1. The molecular weight excluding hydrogens is 262 g/mol. The number of aromatic nitrogens is 3. The van der Waals surface area contributed by atoms with Crippen molar-refractivity contribution >= 4 is 11.9 Å². The zero-order valence-electron chi connectivity index (χ0n) is 12.0. The van der Waals surface area contributed by atoms with Crippen molar-refractivity contribution in [3.8, 4) is 0 Å². The molecule has 0 aliphatic rings. The maximum atomic E-state index is 11.9. The molecule has 0 saturated heterocycles. The number of nitrogens with one attached hydrogen (secondary N) is 1. The van der Waals surface area contributed by atoms with E-state index in [9.17, 15) is 9.59 Å². The molecule has 0 fully saturated rings. The summed E-state index contributed by atoms with van der Waals surface area (Å²) in [6, 6.07) is -0.0213. The first-order valence-corrected chi connectivity index (χ1v) is 6.61. The monoisotopic (exact) mass is 283 g/mol. The Morgan fingerprint density at radius 1 is 1.45 bits per heavy atom. The van der Waals surface area contributed by atoms with Crippen molar-refractivity contribution in [2.45, 2.75) is 33.4 Å². The molecule has 1 aromatic rings. The maximum Gasteiger partial charge on any atom is 0.325 e. The number of nitrogens with zero attached hydrogens (tertiary/aromatic N) is 4. The van der Waals surface area contributed by atoms with Gasteiger partial charge in [-0.15, -0.1) is 5.10 Å². The Kier molecular flexibility index (Phi) is 6.10. The Balaban J connectivity index is 2.53. The number of rotatable bonds is 8. The summed E-state index contributed by atoms with van der Waals surface area (Å²) in [5.74, 6) is -1.38. The molecule has 0 radical (unpaired) electrons. The second kappa shape index (κ2) is 7.59. The topological polar surface area (TPSA) is 100 Å². The minimum Gasteiger partial charge on any atom is -0.480 e. The normalized spacial score (nSPS) is 12.4. The predicted molar refractivity (Wildman–Crippen MR) is 72.4 cm³/mol. The zero-order chi connectivity index (χ0) is 15.1. The highest BCUT2D eigenvalue weighted by molar-refractivity contribution is 5.92. The third-order valence-electron chi connectivity index (χ3n) is 2.87. The molecule has 20 heavy (non-hydrogen) atoms. The largest absolute Gasteiger partial charge is 0.480 e. The van der Waals surface area contributed by atoms with Crippen LogP contribution in [0.1, 0.15) is 31.3 Å². The van der Waals surface area contributed by atoms with Crippen LogP contribution in [0.25, 0.3) is 0 Å². The lowest BCUT2D eigenvalue weighted by Gasteiger charge is -2.23. The third kappa shape index (κ3) is 4.96. The molecule has 0 saturated carbocycles. The van der Waals surface area contributed by atoms with Gasteiger partial charge >= 0.3 is 5.97 Å². The smallest absolute Gasteiger partial charge is 0.325 e. The van der Waals surface area contributed by atoms with Gasteiger partial charge in [-0.1, -0.05) is 19.1 Å². The summed E-state index contributed by atoms with van der Waals surface area (Å²) < 4.78 is 1.12. The number of carbonyl (C=O) groups excluding carboxylic acids is 1. The Labute approximate surface area is 117 Å². The molecule has 0 spiro atoms. The van der Waals surface area contributed by atoms with E-state index in [2.05, 4.69) is 34.4 Å². The molecule has 0 bridgehead atoms. The molecule has 8 heteroatoms. The molecule has 0 aliphatic carbocycles. The van der Waals surface area contributed by atoms with Gasteiger partial charge in [-0.3, -0.25) is 9.59 Å². The lowest BCUT2D eigenvalue weighted by atomic mass is 10.3. The van der Waals surface area contributed by atoms with Crippen molar-refractivity contribution < 1.29 is 14.7 Å². The molecule has 1 unspecified atom stereocenters. The van der Waals surface area contributed by atoms with Gasteiger partial charge in [0.25, 0.3) is 5.91 Å². The Morgan fingerprint density at radius 2 is 2.10 bits per heavy atom. The fourth-order valence-electron chi connectivity index (χ4n) is 1.83. The molecular formula is C12H21N5O3. The molecule has 1 atom stereocenters. The molecule has 0 aliphatic heterocycles. The lowest BCUT2D eigenvalue weighted by molar-refractivity contribution is -0.137. The van der Waals surface area contributed by atoms with Crippen molar-refractivity contribution in [1.29, 1.82) is 0 Å². The van der Waals surface area contributed by atoms with E-state index in [-0.39, 0.29) is 24.2 Å². The van der Waals surface area contributed by atoms with E-state index in [4.69, 9.17) is 5.11 Å². The van der Waals surface area contributed by atoms with Gasteiger partial charge in [0.15, 0.2) is 5.69 Å². The maximum absolute atomic E-state index is 11.9. The first-order valence-electron chi connectivity index (χ1n) is 6.61. The Morgan fingerprint density at radius 3 is 2.65 bits per heavy atom. The molecule has 1 amide bonds. The zero-order valence-corrected chi connectivity index (χ0v) is 12.0. The van der Waals surface area contributed by atoms with Crippen LogP contribution >= 0.6 is 0 Å². The van der Waals surface area contributed by atoms with E-state index in [1.807, 2.05) is 6.92 Å². The SMILES string of the molecule is CCN(CC)CC(C)NC(=O)c1cn(CC(=O)O)nn1. The van der Waals surface area contributed by atoms with Crippen molar-refractivity contribution in [2.24, 2.45) is 0 Å². The summed E-state index contributed by atoms with van der Waals surface area (Å²) in [6.45, 7) is 8.33. The summed E-state index contributed by atoms with van der Waals surface area (Å²) in [7, 11) is 0. The van der Waals surface area contributed by atoms with Crippen LogP contribution < -0.4 is 5.32 Å². The Hall–Kier alpha value is -1.96. The Bertz CT molecular complexity index is 456. The number of aliphatic carboxylic acids is 1. The van der Waals surface area contributed by atoms with Crippen molar-refractivity contribution in [1.82, 2.24) is 25.2 Å². The van der Waals surface area contributed by atoms with Gasteiger partial charge in [-0.25, -0.2) is 4.68 Å². The minimum atomic E-state index is -1.03. The first kappa shape index (κ1) is 16.1. The highest BCUT2D eigenvalue weighted by atomic mass is 16.4. The van der Waals surface area contributed by atoms with Crippen LogP contribution in [0.15, 0.2) is 6.20 Å². The summed E-state index contributed by atoms with van der Waals surface area (Å²) in [4.78, 5) is 24.6. The van der Waals surface area contributed by atoms with Crippen LogP contribution in [0.5, 0.6) is 0 Å². The van der Waals surface area contributed by atoms with Crippen molar-refractivity contribution in [3.05, 3.63) is 11.9 Å². The van der Waals surface area contributed by atoms with Gasteiger partial charge in [0.1, 0.15) is 6.54 Å². The highest BCUT2D eigenvalue weighted by Crippen LogP contribution is 1.97. The minimum absolute atomic E-state index is 0.0213. The molecule has 1 aromatic heterocycles. The molecule has 0 aromatic carbocycles. The van der Waals surface area contributed by atoms with Gasteiger partial charge in [0.05, 0.1) is 6.20 Å². The molecule has 112 valence electrons. The number of amides is 1. The molecule has 8 nitrogen and oxygen atoms in total. The van der Waals surface area contributed by atoms with Gasteiger partial charge < -0.3 is 15.3 Å². The van der Waals surface area contributed by atoms with Crippen molar-refractivity contribution in [2.75, 3.05) is 19.6 Å². The van der Waals surface area contributed by atoms with Gasteiger partial charge in [0.2, 0.25) is 0 Å². The van der Waals surface area contributed by atoms with Crippen LogP contribution in [-0.4, -0.2) is 62.6 Å². The summed E-state index contributed by atoms with van der Waals surface area (Å²) >= 11 is 0. The van der Waals surface area contributed by atoms with Crippen LogP contribution in [0.2, 0.25) is 0 Å². The van der Waals surface area contributed by atoms with Gasteiger partial charge in [-0.05, 0) is 20.0 Å². The molecule has 1 heterocycles. The van der Waals surface area contributed by atoms with Crippen LogP contribution in [0.3, 0.4) is 0 Å². The average molecular weight is 283 g/mol. The third-order valence-corrected chi connectivity index (χ3v) is 2.87. The number of carboxylic acids is 1. The summed E-state index contributed by atoms with van der Waals surface area (Å²) in [6.07, 6.45) is 1.33. The summed E-state index contributed by atoms with van der Waals surface area (Å²) in [5, 5.41) is 18.7. The molecule has 1 rings (SSSR count). The number of carbonyl (C=O) groups is 2. The predicted octanol–water partition coefficient (Wildman–Crippen LogP) is -0.177. The average Bonchev–Trinajstić information content (AvgIpc) is 2.83. The van der Waals surface area contributed by atoms with Crippen LogP contribution in [0, 0.1) is 0 Å².